The van der Waals surface area contributed by atoms with Crippen LogP contribution < -0.4 is 0 Å². The number of hydrogen-bond donors (Lipinski definition) is 0. The molecule has 110 valence electrons. The molecule has 2 aromatic carbocycles. The van der Waals surface area contributed by atoms with Gasteiger partial charge in [0, 0.05) is 15.6 Å². The molecule has 0 radical (unpaired) electrons. The normalized spacial score (nSPS) is 11.8. The van der Waals surface area contributed by atoms with Gasteiger partial charge in [0.1, 0.15) is 6.61 Å². The van der Waals surface area contributed by atoms with Crippen LogP contribution in [0, 0.1) is 0 Å². The SMILES string of the molecule is FC(F)(F)c1ccccc1CON=Cc1ccccc1Br. The van der Waals surface area contributed by atoms with Gasteiger partial charge >= 0.3 is 6.18 Å². The van der Waals surface area contributed by atoms with Crippen LogP contribution >= 0.6 is 15.9 Å². The molecule has 21 heavy (non-hydrogen) atoms. The summed E-state index contributed by atoms with van der Waals surface area (Å²) in [6, 6.07) is 12.6. The average Bonchev–Trinajstić information content (AvgIpc) is 2.45. The summed E-state index contributed by atoms with van der Waals surface area (Å²) in [6.45, 7) is -0.239. The first kappa shape index (κ1) is 15.6. The lowest BCUT2D eigenvalue weighted by Crippen LogP contribution is -2.09. The van der Waals surface area contributed by atoms with Gasteiger partial charge in [-0.05, 0) is 12.1 Å². The zero-order chi connectivity index (χ0) is 15.3. The number of oxime groups is 1. The highest BCUT2D eigenvalue weighted by atomic mass is 79.9. The lowest BCUT2D eigenvalue weighted by Gasteiger charge is -2.11. The van der Waals surface area contributed by atoms with Crippen LogP contribution in [0.2, 0.25) is 0 Å². The van der Waals surface area contributed by atoms with Gasteiger partial charge in [0.25, 0.3) is 0 Å². The first-order valence-corrected chi connectivity index (χ1v) is 6.83. The zero-order valence-electron chi connectivity index (χ0n) is 10.8. The van der Waals surface area contributed by atoms with Crippen LogP contribution in [0.4, 0.5) is 13.2 Å². The summed E-state index contributed by atoms with van der Waals surface area (Å²) in [4.78, 5) is 4.96. The van der Waals surface area contributed by atoms with Crippen LogP contribution in [0.3, 0.4) is 0 Å². The number of benzene rings is 2. The average molecular weight is 358 g/mol. The van der Waals surface area contributed by atoms with Crippen LogP contribution in [0.25, 0.3) is 0 Å². The molecular formula is C15H11BrF3NO. The number of rotatable bonds is 4. The van der Waals surface area contributed by atoms with E-state index < -0.39 is 11.7 Å². The van der Waals surface area contributed by atoms with Gasteiger partial charge < -0.3 is 4.84 Å². The third-order valence-electron chi connectivity index (χ3n) is 2.71. The lowest BCUT2D eigenvalue weighted by molar-refractivity contribution is -0.138. The Morgan fingerprint density at radius 2 is 1.71 bits per heavy atom. The second kappa shape index (κ2) is 6.76. The minimum absolute atomic E-state index is 0.0503. The van der Waals surface area contributed by atoms with Crippen LogP contribution in [-0.2, 0) is 17.6 Å². The molecule has 0 N–H and O–H groups in total. The maximum absolute atomic E-state index is 12.8. The van der Waals surface area contributed by atoms with E-state index >= 15 is 0 Å². The molecule has 0 bridgehead atoms. The predicted molar refractivity (Wildman–Crippen MR) is 78.0 cm³/mol. The second-order valence-electron chi connectivity index (χ2n) is 4.18. The predicted octanol–water partition coefficient (Wildman–Crippen LogP) is 5.02. The third kappa shape index (κ3) is 4.32. The Morgan fingerprint density at radius 1 is 1.05 bits per heavy atom. The molecule has 0 saturated carbocycles. The molecule has 0 fully saturated rings. The van der Waals surface area contributed by atoms with E-state index in [9.17, 15) is 13.2 Å². The van der Waals surface area contributed by atoms with E-state index in [4.69, 9.17) is 4.84 Å². The summed E-state index contributed by atoms with van der Waals surface area (Å²) in [5.41, 5.74) is 0.122. The van der Waals surface area contributed by atoms with E-state index in [0.717, 1.165) is 16.1 Å². The number of nitrogens with zero attached hydrogens (tertiary/aromatic N) is 1. The summed E-state index contributed by atoms with van der Waals surface area (Å²) >= 11 is 3.34. The van der Waals surface area contributed by atoms with Gasteiger partial charge in [-0.1, -0.05) is 57.5 Å². The Labute approximate surface area is 128 Å². The minimum atomic E-state index is -4.40. The van der Waals surface area contributed by atoms with Gasteiger partial charge in [0.05, 0.1) is 11.8 Å². The van der Waals surface area contributed by atoms with E-state index in [-0.39, 0.29) is 12.2 Å². The quantitative estimate of drug-likeness (QED) is 0.556. The molecule has 0 aliphatic rings. The molecule has 0 aliphatic heterocycles. The van der Waals surface area contributed by atoms with Crippen molar-refractivity contribution in [1.29, 1.82) is 0 Å². The maximum Gasteiger partial charge on any atom is 0.416 e. The Bertz CT molecular complexity index is 641. The van der Waals surface area contributed by atoms with Crippen molar-refractivity contribution in [2.45, 2.75) is 12.8 Å². The molecule has 0 saturated heterocycles. The molecule has 0 amide bonds. The van der Waals surface area contributed by atoms with Crippen molar-refractivity contribution in [1.82, 2.24) is 0 Å². The summed E-state index contributed by atoms with van der Waals surface area (Å²) < 4.78 is 39.2. The van der Waals surface area contributed by atoms with E-state index in [1.54, 1.807) is 6.07 Å². The van der Waals surface area contributed by atoms with E-state index in [0.29, 0.717) is 0 Å². The van der Waals surface area contributed by atoms with Gasteiger partial charge in [-0.3, -0.25) is 0 Å². The fraction of sp³-hybridized carbons (Fsp3) is 0.133. The maximum atomic E-state index is 12.8. The van der Waals surface area contributed by atoms with E-state index in [2.05, 4.69) is 21.1 Å². The number of hydrogen-bond acceptors (Lipinski definition) is 2. The monoisotopic (exact) mass is 357 g/mol. The highest BCUT2D eigenvalue weighted by Gasteiger charge is 2.32. The first-order valence-electron chi connectivity index (χ1n) is 6.03. The highest BCUT2D eigenvalue weighted by molar-refractivity contribution is 9.10. The summed E-state index contributed by atoms with van der Waals surface area (Å²) in [7, 11) is 0. The van der Waals surface area contributed by atoms with Crippen LogP contribution in [0.5, 0.6) is 0 Å². The van der Waals surface area contributed by atoms with Crippen molar-refractivity contribution in [3.8, 4) is 0 Å². The molecule has 0 aliphatic carbocycles. The molecule has 2 nitrogen and oxygen atoms in total. The largest absolute Gasteiger partial charge is 0.416 e. The van der Waals surface area contributed by atoms with Crippen LogP contribution in [0.15, 0.2) is 58.2 Å². The Kier molecular flexibility index (Phi) is 5.01. The third-order valence-corrected chi connectivity index (χ3v) is 3.44. The first-order chi connectivity index (χ1) is 9.98. The van der Waals surface area contributed by atoms with Gasteiger partial charge in [-0.2, -0.15) is 13.2 Å². The summed E-state index contributed by atoms with van der Waals surface area (Å²) in [6.07, 6.45) is -2.95. The molecule has 2 rings (SSSR count). The van der Waals surface area contributed by atoms with Crippen LogP contribution in [0.1, 0.15) is 16.7 Å². The lowest BCUT2D eigenvalue weighted by atomic mass is 10.1. The topological polar surface area (TPSA) is 21.6 Å². The summed E-state index contributed by atoms with van der Waals surface area (Å²) in [5.74, 6) is 0. The van der Waals surface area contributed by atoms with Crippen molar-refractivity contribution in [2.24, 2.45) is 5.16 Å². The number of alkyl halides is 3. The molecule has 0 aromatic heterocycles. The zero-order valence-corrected chi connectivity index (χ0v) is 12.4. The Morgan fingerprint density at radius 3 is 2.43 bits per heavy atom. The number of halogens is 4. The fourth-order valence-corrected chi connectivity index (χ4v) is 2.09. The molecule has 0 unspecified atom stereocenters. The van der Waals surface area contributed by atoms with Crippen LogP contribution in [-0.4, -0.2) is 6.21 Å². The van der Waals surface area contributed by atoms with Crippen molar-refractivity contribution in [3.63, 3.8) is 0 Å². The Hall–Kier alpha value is -1.82. The van der Waals surface area contributed by atoms with Gasteiger partial charge in [0.15, 0.2) is 0 Å². The molecular weight excluding hydrogens is 347 g/mol. The van der Waals surface area contributed by atoms with E-state index in [1.807, 2.05) is 18.2 Å². The van der Waals surface area contributed by atoms with Gasteiger partial charge in [-0.25, -0.2) is 0 Å². The fourth-order valence-electron chi connectivity index (χ4n) is 1.70. The molecule has 0 atom stereocenters. The summed E-state index contributed by atoms with van der Waals surface area (Å²) in [5, 5.41) is 3.70. The van der Waals surface area contributed by atoms with Gasteiger partial charge in [-0.15, -0.1) is 0 Å². The molecule has 0 spiro atoms. The standard InChI is InChI=1S/C15H11BrF3NO/c16-14-8-4-2-5-11(14)9-20-21-10-12-6-1-3-7-13(12)15(17,18)19/h1-9H,10H2. The van der Waals surface area contributed by atoms with Crippen molar-refractivity contribution < 1.29 is 18.0 Å². The van der Waals surface area contributed by atoms with Crippen molar-refractivity contribution in [2.75, 3.05) is 0 Å². The molecule has 2 aromatic rings. The molecule has 0 heterocycles. The van der Waals surface area contributed by atoms with Gasteiger partial charge in [0.2, 0.25) is 0 Å². The van der Waals surface area contributed by atoms with E-state index in [1.165, 1.54) is 24.4 Å². The smallest absolute Gasteiger partial charge is 0.391 e. The second-order valence-corrected chi connectivity index (χ2v) is 5.04. The van der Waals surface area contributed by atoms with Crippen molar-refractivity contribution >= 4 is 22.1 Å². The highest BCUT2D eigenvalue weighted by Crippen LogP contribution is 2.32. The molecule has 6 heteroatoms. The minimum Gasteiger partial charge on any atom is -0.391 e. The van der Waals surface area contributed by atoms with Crippen molar-refractivity contribution in [3.05, 3.63) is 69.7 Å². The Balaban J connectivity index is 2.03.